The summed E-state index contributed by atoms with van der Waals surface area (Å²) in [5.74, 6) is 0. The van der Waals surface area contributed by atoms with Gasteiger partial charge in [-0.05, 0) is 47.8 Å². The molecule has 140 valence electrons. The number of nitrogens with one attached hydrogen (secondary N) is 1. The van der Waals surface area contributed by atoms with E-state index in [4.69, 9.17) is 0 Å². The molecule has 0 saturated heterocycles. The Morgan fingerprint density at radius 1 is 0.857 bits per heavy atom. The molecule has 3 rings (SSSR count). The highest BCUT2D eigenvalue weighted by Crippen LogP contribution is 2.24. The minimum Gasteiger partial charge on any atom is -0.359 e. The fraction of sp³-hybridized carbons (Fsp3) is 0.111. The van der Waals surface area contributed by atoms with E-state index < -0.39 is 0 Å². The van der Waals surface area contributed by atoms with Gasteiger partial charge in [0, 0.05) is 17.8 Å². The molecule has 1 nitrogen and oxygen atoms in total. The highest BCUT2D eigenvalue weighted by Gasteiger charge is 2.03. The lowest BCUT2D eigenvalue weighted by atomic mass is 10.0. The number of hydrogen-bond donors (Lipinski definition) is 1. The molecule has 0 saturated carbocycles. The van der Waals surface area contributed by atoms with E-state index in [1.54, 1.807) is 6.08 Å². The van der Waals surface area contributed by atoms with Crippen LogP contribution < -0.4 is 5.32 Å². The van der Waals surface area contributed by atoms with Crippen molar-refractivity contribution >= 4 is 11.3 Å². The smallest absolute Gasteiger partial charge is 0.0382 e. The second-order valence-electron chi connectivity index (χ2n) is 6.70. The summed E-state index contributed by atoms with van der Waals surface area (Å²) in [6.45, 7) is 3.67. The van der Waals surface area contributed by atoms with E-state index in [2.05, 4.69) is 103 Å². The lowest BCUT2D eigenvalue weighted by Gasteiger charge is -2.10. The standard InChI is InChI=1S/C27H27N/c1-2-3-4-5-8-12-23-13-11-16-26(20-17-23)28-27-21-18-25(19-22-27)24-14-9-6-7-10-15-24/h2-11,13-14,17-22,28H,1,12,15-16H2/b4-3-,8-5-. The summed E-state index contributed by atoms with van der Waals surface area (Å²) in [6.07, 6.45) is 32.2. The van der Waals surface area contributed by atoms with Crippen LogP contribution in [0.2, 0.25) is 0 Å². The van der Waals surface area contributed by atoms with Gasteiger partial charge < -0.3 is 5.32 Å². The monoisotopic (exact) mass is 365 g/mol. The van der Waals surface area contributed by atoms with Crippen LogP contribution in [0.15, 0.2) is 127 Å². The molecule has 1 N–H and O–H groups in total. The van der Waals surface area contributed by atoms with Crippen LogP contribution in [0.1, 0.15) is 24.8 Å². The van der Waals surface area contributed by atoms with Crippen molar-refractivity contribution in [3.8, 4) is 0 Å². The maximum atomic E-state index is 3.67. The van der Waals surface area contributed by atoms with Crippen molar-refractivity contribution in [3.05, 3.63) is 133 Å². The molecule has 0 radical (unpaired) electrons. The Morgan fingerprint density at radius 2 is 1.75 bits per heavy atom. The molecule has 0 aliphatic heterocycles. The van der Waals surface area contributed by atoms with Crippen molar-refractivity contribution in [1.29, 1.82) is 0 Å². The molecule has 0 spiro atoms. The van der Waals surface area contributed by atoms with Crippen LogP contribution in [0.4, 0.5) is 5.69 Å². The summed E-state index contributed by atoms with van der Waals surface area (Å²) in [5.41, 5.74) is 6.24. The highest BCUT2D eigenvalue weighted by molar-refractivity contribution is 5.70. The number of anilines is 1. The molecular weight excluding hydrogens is 338 g/mol. The first-order valence-corrected chi connectivity index (χ1v) is 9.75. The van der Waals surface area contributed by atoms with Gasteiger partial charge in [-0.1, -0.05) is 97.7 Å². The van der Waals surface area contributed by atoms with Gasteiger partial charge in [0.15, 0.2) is 0 Å². The third-order valence-corrected chi connectivity index (χ3v) is 4.57. The molecule has 0 aromatic heterocycles. The molecule has 2 aliphatic rings. The Kier molecular flexibility index (Phi) is 7.46. The molecule has 0 amide bonds. The Labute approximate surface area is 168 Å². The van der Waals surface area contributed by atoms with Crippen LogP contribution in [0.3, 0.4) is 0 Å². The van der Waals surface area contributed by atoms with Gasteiger partial charge in [0.05, 0.1) is 0 Å². The third kappa shape index (κ3) is 6.14. The molecule has 1 aromatic rings. The zero-order valence-corrected chi connectivity index (χ0v) is 16.2. The number of rotatable bonds is 7. The average molecular weight is 366 g/mol. The van der Waals surface area contributed by atoms with Crippen LogP contribution >= 0.6 is 0 Å². The van der Waals surface area contributed by atoms with Gasteiger partial charge in [-0.2, -0.15) is 0 Å². The molecule has 0 atom stereocenters. The van der Waals surface area contributed by atoms with Crippen molar-refractivity contribution in [2.24, 2.45) is 0 Å². The Balaban J connectivity index is 1.61. The Hall–Kier alpha value is -3.32. The van der Waals surface area contributed by atoms with Crippen molar-refractivity contribution in [2.45, 2.75) is 19.3 Å². The second-order valence-corrected chi connectivity index (χ2v) is 6.70. The Morgan fingerprint density at radius 3 is 2.61 bits per heavy atom. The lowest BCUT2D eigenvalue weighted by molar-refractivity contribution is 1.22. The highest BCUT2D eigenvalue weighted by atomic mass is 14.9. The number of hydrogen-bond acceptors (Lipinski definition) is 1. The molecule has 0 heterocycles. The van der Waals surface area contributed by atoms with Crippen LogP contribution in [-0.2, 0) is 0 Å². The van der Waals surface area contributed by atoms with Crippen LogP contribution in [0.25, 0.3) is 5.57 Å². The molecule has 28 heavy (non-hydrogen) atoms. The van der Waals surface area contributed by atoms with Crippen LogP contribution in [0, 0.1) is 0 Å². The molecular formula is C27H27N. The van der Waals surface area contributed by atoms with Gasteiger partial charge in [-0.3, -0.25) is 0 Å². The molecule has 1 heteroatoms. The van der Waals surface area contributed by atoms with Gasteiger partial charge in [0.1, 0.15) is 0 Å². The van der Waals surface area contributed by atoms with E-state index in [-0.39, 0.29) is 0 Å². The summed E-state index contributed by atoms with van der Waals surface area (Å²) in [7, 11) is 0. The average Bonchev–Trinajstić information content (AvgIpc) is 3.12. The molecule has 2 aliphatic carbocycles. The minimum atomic E-state index is 0.905. The molecule has 1 aromatic carbocycles. The normalized spacial score (nSPS) is 16.5. The van der Waals surface area contributed by atoms with E-state index in [1.807, 2.05) is 12.2 Å². The number of allylic oxidation sites excluding steroid dienone is 16. The third-order valence-electron chi connectivity index (χ3n) is 4.57. The largest absolute Gasteiger partial charge is 0.359 e. The summed E-state index contributed by atoms with van der Waals surface area (Å²) >= 11 is 0. The van der Waals surface area contributed by atoms with E-state index in [0.29, 0.717) is 0 Å². The van der Waals surface area contributed by atoms with E-state index in [9.17, 15) is 0 Å². The van der Waals surface area contributed by atoms with Gasteiger partial charge in [-0.25, -0.2) is 0 Å². The van der Waals surface area contributed by atoms with Gasteiger partial charge in [0.25, 0.3) is 0 Å². The summed E-state index contributed by atoms with van der Waals surface area (Å²) in [6, 6.07) is 8.70. The zero-order valence-electron chi connectivity index (χ0n) is 16.2. The first-order chi connectivity index (χ1) is 13.8. The fourth-order valence-electron chi connectivity index (χ4n) is 3.07. The molecule has 0 bridgehead atoms. The van der Waals surface area contributed by atoms with Gasteiger partial charge in [0.2, 0.25) is 0 Å². The van der Waals surface area contributed by atoms with E-state index in [0.717, 1.165) is 24.9 Å². The van der Waals surface area contributed by atoms with Crippen LogP contribution in [0.5, 0.6) is 0 Å². The Bertz CT molecular complexity index is 910. The molecule has 0 fully saturated rings. The summed E-state index contributed by atoms with van der Waals surface area (Å²) in [5, 5.41) is 3.55. The fourth-order valence-corrected chi connectivity index (χ4v) is 3.07. The van der Waals surface area contributed by atoms with Gasteiger partial charge in [-0.15, -0.1) is 0 Å². The topological polar surface area (TPSA) is 12.0 Å². The maximum Gasteiger partial charge on any atom is 0.0382 e. The van der Waals surface area contributed by atoms with Crippen molar-refractivity contribution in [2.75, 3.05) is 5.32 Å². The van der Waals surface area contributed by atoms with E-state index in [1.165, 1.54) is 22.4 Å². The van der Waals surface area contributed by atoms with Crippen molar-refractivity contribution < 1.29 is 0 Å². The summed E-state index contributed by atoms with van der Waals surface area (Å²) in [4.78, 5) is 0. The minimum absolute atomic E-state index is 0.905. The van der Waals surface area contributed by atoms with Crippen LogP contribution in [-0.4, -0.2) is 0 Å². The first kappa shape index (κ1) is 19.4. The van der Waals surface area contributed by atoms with E-state index >= 15 is 0 Å². The summed E-state index contributed by atoms with van der Waals surface area (Å²) < 4.78 is 0. The van der Waals surface area contributed by atoms with Crippen molar-refractivity contribution in [3.63, 3.8) is 0 Å². The number of benzene rings is 1. The SMILES string of the molecule is C=C/C=C\C=C/CC1=CC=C(Nc2ccc(C3=CC=CC=CC3)cc2)CC=C1. The molecule has 0 unspecified atom stereocenters. The predicted molar refractivity (Wildman–Crippen MR) is 124 cm³/mol. The second kappa shape index (κ2) is 10.7. The maximum absolute atomic E-state index is 3.67. The van der Waals surface area contributed by atoms with Gasteiger partial charge >= 0.3 is 0 Å². The lowest BCUT2D eigenvalue weighted by Crippen LogP contribution is -1.98. The predicted octanol–water partition coefficient (Wildman–Crippen LogP) is 7.46. The zero-order chi connectivity index (χ0) is 19.4. The van der Waals surface area contributed by atoms with Crippen molar-refractivity contribution in [1.82, 2.24) is 0 Å². The quantitative estimate of drug-likeness (QED) is 0.495. The first-order valence-electron chi connectivity index (χ1n) is 9.75.